The van der Waals surface area contributed by atoms with E-state index in [0.29, 0.717) is 0 Å². The molecule has 0 bridgehead atoms. The number of nitrogens with zero attached hydrogens (tertiary/aromatic N) is 3. The topological polar surface area (TPSA) is 43.0 Å². The van der Waals surface area contributed by atoms with Gasteiger partial charge < -0.3 is 14.2 Å². The van der Waals surface area contributed by atoms with Crippen LogP contribution < -0.4 is 0 Å². The first-order valence-corrected chi connectivity index (χ1v) is 6.39. The van der Waals surface area contributed by atoms with Gasteiger partial charge >= 0.3 is 0 Å². The van der Waals surface area contributed by atoms with Gasteiger partial charge in [-0.25, -0.2) is 4.98 Å². The Balaban J connectivity index is 1.97. The highest BCUT2D eigenvalue weighted by atomic mass is 16.3. The third-order valence-electron chi connectivity index (χ3n) is 3.27. The molecule has 0 amide bonds. The number of rotatable bonds is 5. The van der Waals surface area contributed by atoms with Crippen LogP contribution in [-0.2, 0) is 13.1 Å². The maximum atomic E-state index is 9.98. The normalized spacial score (nSPS) is 13.2. The van der Waals surface area contributed by atoms with Crippen molar-refractivity contribution in [2.75, 3.05) is 0 Å². The van der Waals surface area contributed by atoms with E-state index in [1.165, 1.54) is 0 Å². The summed E-state index contributed by atoms with van der Waals surface area (Å²) in [6, 6.07) is 1.99. The van der Waals surface area contributed by atoms with Crippen LogP contribution in [-0.4, -0.2) is 19.2 Å². The van der Waals surface area contributed by atoms with Gasteiger partial charge in [0, 0.05) is 37.9 Å². The molecule has 1 atom stereocenters. The summed E-state index contributed by atoms with van der Waals surface area (Å²) < 4.78 is 4.24. The standard InChI is InChI=1S/C14H21N3O/c1-11(2)14(18)13-4-6-16(10-13)8-9-17-7-5-15-12(17)3/h4-7,10-11,14,18H,8-9H2,1-3H3. The molecule has 0 aromatic carbocycles. The molecular formula is C14H21N3O. The van der Waals surface area contributed by atoms with Gasteiger partial charge in [-0.2, -0.15) is 0 Å². The predicted octanol–water partition coefficient (Wildman–Crippen LogP) is 2.38. The number of aryl methyl sites for hydroxylation is 3. The van der Waals surface area contributed by atoms with Crippen molar-refractivity contribution in [3.8, 4) is 0 Å². The van der Waals surface area contributed by atoms with Crippen LogP contribution in [0.1, 0.15) is 31.3 Å². The molecule has 2 aromatic rings. The van der Waals surface area contributed by atoms with Crippen molar-refractivity contribution in [1.29, 1.82) is 0 Å². The molecule has 0 saturated heterocycles. The average Bonchev–Trinajstić information content (AvgIpc) is 2.94. The molecule has 0 spiro atoms. The molecule has 2 aromatic heterocycles. The van der Waals surface area contributed by atoms with Gasteiger partial charge in [0.15, 0.2) is 0 Å². The Hall–Kier alpha value is -1.55. The molecular weight excluding hydrogens is 226 g/mol. The number of aromatic nitrogens is 3. The van der Waals surface area contributed by atoms with Crippen molar-refractivity contribution in [2.24, 2.45) is 5.92 Å². The van der Waals surface area contributed by atoms with Crippen LogP contribution in [0, 0.1) is 12.8 Å². The molecule has 18 heavy (non-hydrogen) atoms. The summed E-state index contributed by atoms with van der Waals surface area (Å²) in [5.41, 5.74) is 0.993. The van der Waals surface area contributed by atoms with Crippen LogP contribution in [0.15, 0.2) is 30.9 Å². The van der Waals surface area contributed by atoms with Gasteiger partial charge in [0.05, 0.1) is 6.10 Å². The highest BCUT2D eigenvalue weighted by Crippen LogP contribution is 2.21. The number of hydrogen-bond acceptors (Lipinski definition) is 2. The lowest BCUT2D eigenvalue weighted by Crippen LogP contribution is -2.07. The van der Waals surface area contributed by atoms with Crippen LogP contribution in [0.5, 0.6) is 0 Å². The summed E-state index contributed by atoms with van der Waals surface area (Å²) in [6.45, 7) is 7.84. The molecule has 2 rings (SSSR count). The summed E-state index contributed by atoms with van der Waals surface area (Å²) >= 11 is 0. The Kier molecular flexibility index (Phi) is 3.87. The maximum absolute atomic E-state index is 9.98. The Morgan fingerprint density at radius 1 is 1.28 bits per heavy atom. The lowest BCUT2D eigenvalue weighted by molar-refractivity contribution is 0.127. The monoisotopic (exact) mass is 247 g/mol. The molecule has 2 heterocycles. The third kappa shape index (κ3) is 2.82. The summed E-state index contributed by atoms with van der Waals surface area (Å²) in [4.78, 5) is 4.20. The van der Waals surface area contributed by atoms with E-state index in [0.717, 1.165) is 24.5 Å². The van der Waals surface area contributed by atoms with E-state index in [9.17, 15) is 5.11 Å². The minimum absolute atomic E-state index is 0.247. The van der Waals surface area contributed by atoms with E-state index in [2.05, 4.69) is 14.1 Å². The summed E-state index contributed by atoms with van der Waals surface area (Å²) in [7, 11) is 0. The van der Waals surface area contributed by atoms with Crippen LogP contribution in [0.25, 0.3) is 0 Å². The van der Waals surface area contributed by atoms with Gasteiger partial charge in [0.2, 0.25) is 0 Å². The molecule has 0 aliphatic heterocycles. The highest BCUT2D eigenvalue weighted by molar-refractivity contribution is 5.14. The van der Waals surface area contributed by atoms with E-state index in [4.69, 9.17) is 0 Å². The number of aliphatic hydroxyl groups is 1. The fraction of sp³-hybridized carbons (Fsp3) is 0.500. The summed E-state index contributed by atoms with van der Waals surface area (Å²) in [5.74, 6) is 1.28. The fourth-order valence-corrected chi connectivity index (χ4v) is 2.02. The first kappa shape index (κ1) is 12.9. The van der Waals surface area contributed by atoms with Crippen molar-refractivity contribution in [2.45, 2.75) is 40.0 Å². The lowest BCUT2D eigenvalue weighted by atomic mass is 10.0. The fourth-order valence-electron chi connectivity index (χ4n) is 2.02. The van der Waals surface area contributed by atoms with Crippen molar-refractivity contribution < 1.29 is 5.11 Å². The summed E-state index contributed by atoms with van der Waals surface area (Å²) in [5, 5.41) is 9.98. The Morgan fingerprint density at radius 3 is 2.67 bits per heavy atom. The Bertz CT molecular complexity index is 499. The SMILES string of the molecule is Cc1nccn1CCn1ccc(C(O)C(C)C)c1. The van der Waals surface area contributed by atoms with E-state index in [1.54, 1.807) is 0 Å². The van der Waals surface area contributed by atoms with Crippen molar-refractivity contribution in [3.63, 3.8) is 0 Å². The molecule has 98 valence electrons. The molecule has 4 heteroatoms. The Labute approximate surface area is 108 Å². The van der Waals surface area contributed by atoms with Crippen molar-refractivity contribution in [1.82, 2.24) is 14.1 Å². The quantitative estimate of drug-likeness (QED) is 0.881. The zero-order chi connectivity index (χ0) is 13.1. The largest absolute Gasteiger partial charge is 0.388 e. The molecule has 0 fully saturated rings. The molecule has 0 saturated carbocycles. The zero-order valence-electron chi connectivity index (χ0n) is 11.2. The molecule has 0 aliphatic rings. The second kappa shape index (κ2) is 5.40. The predicted molar refractivity (Wildman–Crippen MR) is 71.2 cm³/mol. The van der Waals surface area contributed by atoms with Crippen LogP contribution in [0.3, 0.4) is 0 Å². The first-order chi connectivity index (χ1) is 8.58. The highest BCUT2D eigenvalue weighted by Gasteiger charge is 2.12. The second-order valence-corrected chi connectivity index (χ2v) is 5.04. The smallest absolute Gasteiger partial charge is 0.105 e. The molecule has 0 radical (unpaired) electrons. The average molecular weight is 247 g/mol. The van der Waals surface area contributed by atoms with Gasteiger partial charge in [-0.3, -0.25) is 0 Å². The molecule has 0 aliphatic carbocycles. The van der Waals surface area contributed by atoms with Crippen LogP contribution >= 0.6 is 0 Å². The lowest BCUT2D eigenvalue weighted by Gasteiger charge is -2.12. The minimum Gasteiger partial charge on any atom is -0.388 e. The van der Waals surface area contributed by atoms with Crippen LogP contribution in [0.4, 0.5) is 0 Å². The van der Waals surface area contributed by atoms with E-state index in [1.807, 2.05) is 51.6 Å². The van der Waals surface area contributed by atoms with Crippen molar-refractivity contribution >= 4 is 0 Å². The van der Waals surface area contributed by atoms with Gasteiger partial charge in [0.1, 0.15) is 5.82 Å². The van der Waals surface area contributed by atoms with Gasteiger partial charge in [-0.05, 0) is 24.5 Å². The van der Waals surface area contributed by atoms with E-state index >= 15 is 0 Å². The third-order valence-corrected chi connectivity index (χ3v) is 3.27. The molecule has 1 N–H and O–H groups in total. The molecule has 1 unspecified atom stereocenters. The van der Waals surface area contributed by atoms with E-state index < -0.39 is 0 Å². The van der Waals surface area contributed by atoms with Crippen molar-refractivity contribution in [3.05, 3.63) is 42.2 Å². The first-order valence-electron chi connectivity index (χ1n) is 6.39. The zero-order valence-corrected chi connectivity index (χ0v) is 11.2. The van der Waals surface area contributed by atoms with Crippen LogP contribution in [0.2, 0.25) is 0 Å². The number of aliphatic hydroxyl groups excluding tert-OH is 1. The van der Waals surface area contributed by atoms with E-state index in [-0.39, 0.29) is 12.0 Å². The maximum Gasteiger partial charge on any atom is 0.105 e. The summed E-state index contributed by atoms with van der Waals surface area (Å²) in [6.07, 6.45) is 7.48. The Morgan fingerprint density at radius 2 is 2.06 bits per heavy atom. The number of imidazole rings is 1. The minimum atomic E-state index is -0.374. The number of hydrogen-bond donors (Lipinski definition) is 1. The van der Waals surface area contributed by atoms with Gasteiger partial charge in [-0.15, -0.1) is 0 Å². The van der Waals surface area contributed by atoms with Gasteiger partial charge in [-0.1, -0.05) is 13.8 Å². The molecule has 4 nitrogen and oxygen atoms in total. The second-order valence-electron chi connectivity index (χ2n) is 5.04. The van der Waals surface area contributed by atoms with Gasteiger partial charge in [0.25, 0.3) is 0 Å².